The predicted octanol–water partition coefficient (Wildman–Crippen LogP) is 2.27. The quantitative estimate of drug-likeness (QED) is 0.271. The van der Waals surface area contributed by atoms with Crippen LogP contribution in [0.3, 0.4) is 0 Å². The first-order chi connectivity index (χ1) is 11.7. The Kier molecular flexibility index (Phi) is 11.6. The largest absolute Gasteiger partial charge is 0.357 e. The van der Waals surface area contributed by atoms with Crippen molar-refractivity contribution in [3.8, 4) is 0 Å². The van der Waals surface area contributed by atoms with Crippen molar-refractivity contribution >= 4 is 5.96 Å². The molecule has 0 spiro atoms. The first kappa shape index (κ1) is 21.0. The van der Waals surface area contributed by atoms with Crippen molar-refractivity contribution in [1.29, 1.82) is 0 Å². The van der Waals surface area contributed by atoms with Crippen LogP contribution in [0.2, 0.25) is 0 Å². The van der Waals surface area contributed by atoms with Crippen LogP contribution < -0.4 is 5.32 Å². The number of allylic oxidation sites excluding steroid dienone is 1. The molecule has 0 unspecified atom stereocenters. The summed E-state index contributed by atoms with van der Waals surface area (Å²) in [6.45, 7) is 18.4. The topological polar surface area (TPSA) is 34.1 Å². The predicted molar refractivity (Wildman–Crippen MR) is 106 cm³/mol. The number of unbranched alkanes of at least 4 members (excludes halogenated alkanes) is 2. The lowest BCUT2D eigenvalue weighted by Crippen LogP contribution is -2.46. The molecule has 0 atom stereocenters. The first-order valence-corrected chi connectivity index (χ1v) is 9.76. The van der Waals surface area contributed by atoms with E-state index >= 15 is 0 Å². The van der Waals surface area contributed by atoms with E-state index in [1.165, 1.54) is 52.1 Å². The number of nitrogens with one attached hydrogen (secondary N) is 1. The Hall–Kier alpha value is -1.07. The molecule has 24 heavy (non-hydrogen) atoms. The van der Waals surface area contributed by atoms with Crippen LogP contribution in [0.4, 0.5) is 0 Å². The summed E-state index contributed by atoms with van der Waals surface area (Å²) in [4.78, 5) is 12.1. The Morgan fingerprint density at radius 1 is 1.12 bits per heavy atom. The van der Waals surface area contributed by atoms with Gasteiger partial charge in [0.2, 0.25) is 0 Å². The van der Waals surface area contributed by atoms with E-state index in [0.29, 0.717) is 0 Å². The van der Waals surface area contributed by atoms with Gasteiger partial charge in [0.05, 0.1) is 0 Å². The Morgan fingerprint density at radius 3 is 2.46 bits per heavy atom. The molecule has 0 saturated carbocycles. The summed E-state index contributed by atoms with van der Waals surface area (Å²) in [5, 5.41) is 3.40. The third kappa shape index (κ3) is 8.69. The number of guanidine groups is 1. The van der Waals surface area contributed by atoms with Crippen molar-refractivity contribution in [1.82, 2.24) is 20.0 Å². The molecule has 5 nitrogen and oxygen atoms in total. The van der Waals surface area contributed by atoms with E-state index in [-0.39, 0.29) is 0 Å². The monoisotopic (exact) mass is 337 g/mol. The minimum absolute atomic E-state index is 0.920. The van der Waals surface area contributed by atoms with Gasteiger partial charge in [-0.3, -0.25) is 4.99 Å². The van der Waals surface area contributed by atoms with Crippen LogP contribution in [-0.4, -0.2) is 86.6 Å². The molecule has 1 fully saturated rings. The SMILES string of the molecule is C=CCCCN(C)C(=NCCCCN1CCN(CC)CC1)NCC. The lowest BCUT2D eigenvalue weighted by atomic mass is 10.2. The van der Waals surface area contributed by atoms with Crippen molar-refractivity contribution in [2.24, 2.45) is 4.99 Å². The Morgan fingerprint density at radius 2 is 1.83 bits per heavy atom. The third-order valence-electron chi connectivity index (χ3n) is 4.65. The molecule has 0 aromatic heterocycles. The van der Waals surface area contributed by atoms with Gasteiger partial charge in [0.25, 0.3) is 0 Å². The molecule has 1 rings (SSSR count). The van der Waals surface area contributed by atoms with Crippen LogP contribution in [0.1, 0.15) is 39.5 Å². The highest BCUT2D eigenvalue weighted by atomic mass is 15.3. The average molecular weight is 338 g/mol. The normalized spacial score (nSPS) is 17.0. The zero-order chi connectivity index (χ0) is 17.6. The third-order valence-corrected chi connectivity index (χ3v) is 4.65. The van der Waals surface area contributed by atoms with Gasteiger partial charge in [0, 0.05) is 52.9 Å². The van der Waals surface area contributed by atoms with Crippen molar-refractivity contribution in [3.05, 3.63) is 12.7 Å². The van der Waals surface area contributed by atoms with Gasteiger partial charge in [-0.25, -0.2) is 0 Å². The first-order valence-electron chi connectivity index (χ1n) is 9.76. The van der Waals surface area contributed by atoms with Gasteiger partial charge in [-0.2, -0.15) is 0 Å². The number of hydrogen-bond donors (Lipinski definition) is 1. The maximum Gasteiger partial charge on any atom is 0.193 e. The highest BCUT2D eigenvalue weighted by molar-refractivity contribution is 5.79. The molecule has 1 heterocycles. The van der Waals surface area contributed by atoms with Crippen molar-refractivity contribution in [2.75, 3.05) is 66.0 Å². The van der Waals surface area contributed by atoms with E-state index in [4.69, 9.17) is 4.99 Å². The van der Waals surface area contributed by atoms with E-state index in [0.717, 1.165) is 38.4 Å². The highest BCUT2D eigenvalue weighted by Crippen LogP contribution is 2.03. The number of hydrogen-bond acceptors (Lipinski definition) is 3. The smallest absolute Gasteiger partial charge is 0.193 e. The van der Waals surface area contributed by atoms with Crippen LogP contribution in [0.5, 0.6) is 0 Å². The highest BCUT2D eigenvalue weighted by Gasteiger charge is 2.14. The van der Waals surface area contributed by atoms with Crippen LogP contribution in [0.15, 0.2) is 17.6 Å². The summed E-state index contributed by atoms with van der Waals surface area (Å²) in [6.07, 6.45) is 6.60. The molecule has 0 amide bonds. The second-order valence-corrected chi connectivity index (χ2v) is 6.57. The summed E-state index contributed by atoms with van der Waals surface area (Å²) in [5.41, 5.74) is 0. The van der Waals surface area contributed by atoms with E-state index in [2.05, 4.69) is 47.5 Å². The van der Waals surface area contributed by atoms with E-state index in [9.17, 15) is 0 Å². The molecule has 140 valence electrons. The maximum atomic E-state index is 4.78. The molecule has 5 heteroatoms. The summed E-state index contributed by atoms with van der Waals surface area (Å²) in [5.74, 6) is 1.04. The zero-order valence-corrected chi connectivity index (χ0v) is 16.3. The van der Waals surface area contributed by atoms with Crippen LogP contribution in [0, 0.1) is 0 Å². The summed E-state index contributed by atoms with van der Waals surface area (Å²) >= 11 is 0. The summed E-state index contributed by atoms with van der Waals surface area (Å²) in [6, 6.07) is 0. The molecular weight excluding hydrogens is 298 g/mol. The van der Waals surface area contributed by atoms with Gasteiger partial charge < -0.3 is 20.0 Å². The lowest BCUT2D eigenvalue weighted by molar-refractivity contribution is 0.136. The van der Waals surface area contributed by atoms with Gasteiger partial charge in [0.1, 0.15) is 0 Å². The maximum absolute atomic E-state index is 4.78. The molecule has 0 aliphatic carbocycles. The molecular formula is C19H39N5. The fraction of sp³-hybridized carbons (Fsp3) is 0.842. The van der Waals surface area contributed by atoms with E-state index < -0.39 is 0 Å². The van der Waals surface area contributed by atoms with Gasteiger partial charge in [-0.1, -0.05) is 13.0 Å². The molecule has 1 N–H and O–H groups in total. The fourth-order valence-corrected chi connectivity index (χ4v) is 3.01. The minimum Gasteiger partial charge on any atom is -0.357 e. The van der Waals surface area contributed by atoms with Gasteiger partial charge in [-0.05, 0) is 45.7 Å². The van der Waals surface area contributed by atoms with Gasteiger partial charge in [-0.15, -0.1) is 6.58 Å². The second kappa shape index (κ2) is 13.2. The average Bonchev–Trinajstić information content (AvgIpc) is 2.61. The van der Waals surface area contributed by atoms with Gasteiger partial charge in [0.15, 0.2) is 5.96 Å². The lowest BCUT2D eigenvalue weighted by Gasteiger charge is -2.33. The van der Waals surface area contributed by atoms with Crippen LogP contribution >= 0.6 is 0 Å². The molecule has 1 aliphatic rings. The zero-order valence-electron chi connectivity index (χ0n) is 16.3. The molecule has 0 bridgehead atoms. The molecule has 0 radical (unpaired) electrons. The van der Waals surface area contributed by atoms with Crippen molar-refractivity contribution < 1.29 is 0 Å². The van der Waals surface area contributed by atoms with Crippen LogP contribution in [0.25, 0.3) is 0 Å². The molecule has 0 aromatic carbocycles. The number of nitrogens with zero attached hydrogens (tertiary/aromatic N) is 4. The number of likely N-dealkylation sites (N-methyl/N-ethyl adjacent to an activating group) is 1. The fourth-order valence-electron chi connectivity index (χ4n) is 3.01. The minimum atomic E-state index is 0.920. The van der Waals surface area contributed by atoms with E-state index in [1.54, 1.807) is 0 Å². The Balaban J connectivity index is 2.20. The van der Waals surface area contributed by atoms with E-state index in [1.807, 2.05) is 6.08 Å². The summed E-state index contributed by atoms with van der Waals surface area (Å²) in [7, 11) is 2.12. The standard InChI is InChI=1S/C19H39N5/c1-5-8-10-13-22(4)19(20-6-2)21-12-9-11-14-24-17-15-23(7-3)16-18-24/h5H,1,6-18H2,2-4H3,(H,20,21). The number of piperazine rings is 1. The van der Waals surface area contributed by atoms with Crippen molar-refractivity contribution in [3.63, 3.8) is 0 Å². The number of aliphatic imine (C=N–C) groups is 1. The second-order valence-electron chi connectivity index (χ2n) is 6.57. The van der Waals surface area contributed by atoms with Gasteiger partial charge >= 0.3 is 0 Å². The molecule has 1 aliphatic heterocycles. The molecule has 1 saturated heterocycles. The summed E-state index contributed by atoms with van der Waals surface area (Å²) < 4.78 is 0. The van der Waals surface area contributed by atoms with Crippen molar-refractivity contribution in [2.45, 2.75) is 39.5 Å². The molecule has 0 aromatic rings. The Bertz CT molecular complexity index is 348. The van der Waals surface area contributed by atoms with Crippen LogP contribution in [-0.2, 0) is 0 Å². The number of rotatable bonds is 11. The Labute approximate surface area is 149 Å².